The number of hydrogen-bond acceptors (Lipinski definition) is 2. The lowest BCUT2D eigenvalue weighted by Gasteiger charge is -2.17. The van der Waals surface area contributed by atoms with Crippen molar-refractivity contribution in [1.82, 2.24) is 5.32 Å². The Bertz CT molecular complexity index is 472. The van der Waals surface area contributed by atoms with E-state index in [-0.39, 0.29) is 18.4 Å². The average Bonchev–Trinajstić information content (AvgIpc) is 3.23. The summed E-state index contributed by atoms with van der Waals surface area (Å²) in [5.41, 5.74) is 2.42. The summed E-state index contributed by atoms with van der Waals surface area (Å²) in [5.74, 6) is 0.804. The quantitative estimate of drug-likeness (QED) is 0.802. The van der Waals surface area contributed by atoms with Crippen LogP contribution in [0.5, 0.6) is 0 Å². The number of hydrogen-bond donors (Lipinski definition) is 2. The second kappa shape index (κ2) is 7.23. The summed E-state index contributed by atoms with van der Waals surface area (Å²) in [6.07, 6.45) is 3.81. The molecular formula is C16H22BrNO2. The highest BCUT2D eigenvalue weighted by molar-refractivity contribution is 9.10. The van der Waals surface area contributed by atoms with E-state index in [0.717, 1.165) is 10.9 Å². The minimum atomic E-state index is 0.0751. The molecule has 3 nitrogen and oxygen atoms in total. The van der Waals surface area contributed by atoms with E-state index < -0.39 is 0 Å². The van der Waals surface area contributed by atoms with Crippen molar-refractivity contribution in [2.24, 2.45) is 11.8 Å². The number of rotatable bonds is 7. The third kappa shape index (κ3) is 4.60. The minimum Gasteiger partial charge on any atom is -0.396 e. The molecule has 1 aromatic carbocycles. The third-order valence-corrected chi connectivity index (χ3v) is 4.76. The van der Waals surface area contributed by atoms with Gasteiger partial charge in [0.25, 0.3) is 0 Å². The van der Waals surface area contributed by atoms with Crippen LogP contribution in [0.15, 0.2) is 22.7 Å². The maximum absolute atomic E-state index is 11.7. The Kier molecular flexibility index (Phi) is 5.61. The monoisotopic (exact) mass is 339 g/mol. The van der Waals surface area contributed by atoms with Gasteiger partial charge in [0.15, 0.2) is 0 Å². The summed E-state index contributed by atoms with van der Waals surface area (Å²) in [4.78, 5) is 11.7. The Labute approximate surface area is 128 Å². The summed E-state index contributed by atoms with van der Waals surface area (Å²) in [6, 6.07) is 6.10. The van der Waals surface area contributed by atoms with E-state index in [0.29, 0.717) is 18.9 Å². The number of aliphatic hydroxyl groups is 1. The number of nitrogens with one attached hydrogen (secondary N) is 1. The van der Waals surface area contributed by atoms with Crippen LogP contribution >= 0.6 is 15.9 Å². The highest BCUT2D eigenvalue weighted by Gasteiger charge is 2.24. The van der Waals surface area contributed by atoms with E-state index in [1.807, 2.05) is 12.1 Å². The Morgan fingerprint density at radius 3 is 2.90 bits per heavy atom. The van der Waals surface area contributed by atoms with Crippen molar-refractivity contribution in [3.63, 3.8) is 0 Å². The van der Waals surface area contributed by atoms with Gasteiger partial charge in [-0.25, -0.2) is 0 Å². The first-order valence-corrected chi connectivity index (χ1v) is 8.01. The molecule has 2 rings (SSSR count). The maximum atomic E-state index is 11.7. The molecule has 0 spiro atoms. The first-order chi connectivity index (χ1) is 9.60. The fraction of sp³-hybridized carbons (Fsp3) is 0.562. The van der Waals surface area contributed by atoms with Crippen molar-refractivity contribution in [3.8, 4) is 0 Å². The van der Waals surface area contributed by atoms with Gasteiger partial charge in [-0.05, 0) is 49.3 Å². The topological polar surface area (TPSA) is 49.3 Å². The van der Waals surface area contributed by atoms with Gasteiger partial charge < -0.3 is 10.4 Å². The molecule has 1 atom stereocenters. The van der Waals surface area contributed by atoms with E-state index >= 15 is 0 Å². The van der Waals surface area contributed by atoms with Gasteiger partial charge >= 0.3 is 0 Å². The summed E-state index contributed by atoms with van der Waals surface area (Å²) >= 11 is 3.52. The van der Waals surface area contributed by atoms with E-state index in [2.05, 4.69) is 34.2 Å². The number of halogens is 1. The molecule has 0 aliphatic heterocycles. The van der Waals surface area contributed by atoms with Gasteiger partial charge in [0.2, 0.25) is 5.91 Å². The molecule has 0 aromatic heterocycles. The van der Waals surface area contributed by atoms with Gasteiger partial charge in [-0.2, -0.15) is 0 Å². The maximum Gasteiger partial charge on any atom is 0.220 e. The molecule has 4 heteroatoms. The standard InChI is InChI=1S/C16H22BrNO2/c1-11-14(3-2-4-15(11)17)7-13(10-19)9-18-16(20)8-12-5-6-12/h2-4,12-13,19H,5-10H2,1H3,(H,18,20)/t13-/m1/s1. The van der Waals surface area contributed by atoms with E-state index in [1.165, 1.54) is 24.0 Å². The molecule has 0 saturated heterocycles. The first kappa shape index (κ1) is 15.5. The van der Waals surface area contributed by atoms with Gasteiger partial charge in [-0.3, -0.25) is 4.79 Å². The lowest BCUT2D eigenvalue weighted by molar-refractivity contribution is -0.121. The van der Waals surface area contributed by atoms with Crippen molar-refractivity contribution in [1.29, 1.82) is 0 Å². The predicted molar refractivity (Wildman–Crippen MR) is 83.5 cm³/mol. The van der Waals surface area contributed by atoms with Crippen LogP contribution in [-0.2, 0) is 11.2 Å². The Morgan fingerprint density at radius 2 is 2.25 bits per heavy atom. The van der Waals surface area contributed by atoms with Crippen LogP contribution < -0.4 is 5.32 Å². The highest BCUT2D eigenvalue weighted by atomic mass is 79.9. The van der Waals surface area contributed by atoms with Gasteiger partial charge in [0.05, 0.1) is 0 Å². The Morgan fingerprint density at radius 1 is 1.50 bits per heavy atom. The van der Waals surface area contributed by atoms with Crippen molar-refractivity contribution in [3.05, 3.63) is 33.8 Å². The van der Waals surface area contributed by atoms with Crippen LogP contribution in [0.1, 0.15) is 30.4 Å². The largest absolute Gasteiger partial charge is 0.396 e. The smallest absolute Gasteiger partial charge is 0.220 e. The van der Waals surface area contributed by atoms with E-state index in [1.54, 1.807) is 0 Å². The van der Waals surface area contributed by atoms with Crippen LogP contribution in [0.3, 0.4) is 0 Å². The highest BCUT2D eigenvalue weighted by Crippen LogP contribution is 2.32. The minimum absolute atomic E-state index is 0.0751. The second-order valence-electron chi connectivity index (χ2n) is 5.73. The summed E-state index contributed by atoms with van der Waals surface area (Å²) in [5, 5.41) is 12.4. The zero-order valence-electron chi connectivity index (χ0n) is 11.9. The molecular weight excluding hydrogens is 318 g/mol. The molecule has 0 heterocycles. The number of carbonyl (C=O) groups is 1. The fourth-order valence-electron chi connectivity index (χ4n) is 2.30. The van der Waals surface area contributed by atoms with Crippen molar-refractivity contribution >= 4 is 21.8 Å². The van der Waals surface area contributed by atoms with Gasteiger partial charge in [-0.1, -0.05) is 28.1 Å². The molecule has 1 fully saturated rings. The van der Waals surface area contributed by atoms with Gasteiger partial charge in [0, 0.05) is 30.0 Å². The number of amides is 1. The summed E-state index contributed by atoms with van der Waals surface area (Å²) in [7, 11) is 0. The lowest BCUT2D eigenvalue weighted by Crippen LogP contribution is -2.32. The summed E-state index contributed by atoms with van der Waals surface area (Å²) in [6.45, 7) is 2.71. The van der Waals surface area contributed by atoms with Crippen molar-refractivity contribution < 1.29 is 9.90 Å². The van der Waals surface area contributed by atoms with Gasteiger partial charge in [-0.15, -0.1) is 0 Å². The van der Waals surface area contributed by atoms with E-state index in [4.69, 9.17) is 0 Å². The molecule has 20 heavy (non-hydrogen) atoms. The third-order valence-electron chi connectivity index (χ3n) is 3.91. The molecule has 1 saturated carbocycles. The first-order valence-electron chi connectivity index (χ1n) is 7.21. The van der Waals surface area contributed by atoms with E-state index in [9.17, 15) is 9.90 Å². The molecule has 0 unspecified atom stereocenters. The van der Waals surface area contributed by atoms with Gasteiger partial charge in [0.1, 0.15) is 0 Å². The molecule has 2 N–H and O–H groups in total. The van der Waals surface area contributed by atoms with Crippen molar-refractivity contribution in [2.45, 2.75) is 32.6 Å². The normalized spacial score (nSPS) is 15.9. The fourth-order valence-corrected chi connectivity index (χ4v) is 2.71. The molecule has 110 valence electrons. The van der Waals surface area contributed by atoms with Crippen LogP contribution in [0.4, 0.5) is 0 Å². The SMILES string of the molecule is Cc1c(Br)cccc1C[C@@H](CO)CNC(=O)CC1CC1. The predicted octanol–water partition coefficient (Wildman–Crippen LogP) is 2.82. The molecule has 0 bridgehead atoms. The van der Waals surface area contributed by atoms with Crippen LogP contribution in [0, 0.1) is 18.8 Å². The zero-order valence-corrected chi connectivity index (χ0v) is 13.4. The molecule has 1 amide bonds. The Hall–Kier alpha value is -0.870. The van der Waals surface area contributed by atoms with Crippen LogP contribution in [0.25, 0.3) is 0 Å². The second-order valence-corrected chi connectivity index (χ2v) is 6.58. The van der Waals surface area contributed by atoms with Crippen LogP contribution in [0.2, 0.25) is 0 Å². The Balaban J connectivity index is 1.84. The summed E-state index contributed by atoms with van der Waals surface area (Å²) < 4.78 is 1.09. The molecule has 1 aliphatic rings. The number of carbonyl (C=O) groups excluding carboxylic acids is 1. The zero-order chi connectivity index (χ0) is 14.5. The number of aliphatic hydroxyl groups excluding tert-OH is 1. The van der Waals surface area contributed by atoms with Crippen molar-refractivity contribution in [2.75, 3.05) is 13.2 Å². The lowest BCUT2D eigenvalue weighted by atomic mass is 9.96. The van der Waals surface area contributed by atoms with Crippen LogP contribution in [-0.4, -0.2) is 24.2 Å². The molecule has 0 radical (unpaired) electrons. The molecule has 1 aromatic rings. The number of benzene rings is 1. The molecule has 1 aliphatic carbocycles. The average molecular weight is 340 g/mol.